The first-order valence-corrected chi connectivity index (χ1v) is 8.16. The van der Waals surface area contributed by atoms with Crippen molar-refractivity contribution in [1.82, 2.24) is 24.5 Å². The van der Waals surface area contributed by atoms with Crippen LogP contribution in [0.3, 0.4) is 0 Å². The fraction of sp³-hybridized carbons (Fsp3) is 0.412. The average molecular weight is 325 g/mol. The third kappa shape index (κ3) is 2.46. The summed E-state index contributed by atoms with van der Waals surface area (Å²) in [6.45, 7) is 4.79. The summed E-state index contributed by atoms with van der Waals surface area (Å²) in [6.07, 6.45) is 5.16. The minimum atomic E-state index is -0.173. The van der Waals surface area contributed by atoms with E-state index < -0.39 is 0 Å². The van der Waals surface area contributed by atoms with Gasteiger partial charge in [0.1, 0.15) is 5.76 Å². The number of furan rings is 1. The van der Waals surface area contributed by atoms with E-state index in [2.05, 4.69) is 22.0 Å². The van der Waals surface area contributed by atoms with E-state index in [0.29, 0.717) is 18.2 Å². The van der Waals surface area contributed by atoms with Gasteiger partial charge in [0, 0.05) is 18.4 Å². The molecule has 0 N–H and O–H groups in total. The Labute approximate surface area is 139 Å². The van der Waals surface area contributed by atoms with Gasteiger partial charge in [-0.25, -0.2) is 9.50 Å². The summed E-state index contributed by atoms with van der Waals surface area (Å²) in [5.74, 6) is 1.81. The SMILES string of the molecule is Cc1ccnc2nc(C(=O)N3CC[C@H](C)C[C@H]3c3ccco3)nn12. The van der Waals surface area contributed by atoms with Crippen LogP contribution in [0.2, 0.25) is 0 Å². The second kappa shape index (κ2) is 5.74. The van der Waals surface area contributed by atoms with Gasteiger partial charge in [0.15, 0.2) is 0 Å². The minimum absolute atomic E-state index is 0.0723. The molecule has 0 aromatic carbocycles. The van der Waals surface area contributed by atoms with Gasteiger partial charge in [0.05, 0.1) is 12.3 Å². The monoisotopic (exact) mass is 325 g/mol. The number of fused-ring (bicyclic) bond motifs is 1. The van der Waals surface area contributed by atoms with Crippen molar-refractivity contribution in [3.8, 4) is 0 Å². The normalized spacial score (nSPS) is 21.3. The van der Waals surface area contributed by atoms with Crippen molar-refractivity contribution in [2.24, 2.45) is 5.92 Å². The second-order valence-corrected chi connectivity index (χ2v) is 6.39. The van der Waals surface area contributed by atoms with Gasteiger partial charge in [0.2, 0.25) is 5.82 Å². The minimum Gasteiger partial charge on any atom is -0.467 e. The van der Waals surface area contributed by atoms with Crippen LogP contribution in [0.1, 0.15) is 47.9 Å². The number of piperidine rings is 1. The predicted molar refractivity (Wildman–Crippen MR) is 86.4 cm³/mol. The number of hydrogen-bond donors (Lipinski definition) is 0. The molecule has 0 radical (unpaired) electrons. The highest BCUT2D eigenvalue weighted by molar-refractivity contribution is 5.91. The van der Waals surface area contributed by atoms with Crippen molar-refractivity contribution in [1.29, 1.82) is 0 Å². The lowest BCUT2D eigenvalue weighted by Crippen LogP contribution is -2.41. The molecule has 1 aliphatic heterocycles. The molecular formula is C17H19N5O2. The summed E-state index contributed by atoms with van der Waals surface area (Å²) in [4.78, 5) is 23.3. The summed E-state index contributed by atoms with van der Waals surface area (Å²) < 4.78 is 7.16. The van der Waals surface area contributed by atoms with E-state index in [9.17, 15) is 4.79 Å². The van der Waals surface area contributed by atoms with Crippen molar-refractivity contribution < 1.29 is 9.21 Å². The van der Waals surface area contributed by atoms with E-state index in [1.54, 1.807) is 17.0 Å². The Morgan fingerprint density at radius 2 is 2.25 bits per heavy atom. The Morgan fingerprint density at radius 3 is 3.00 bits per heavy atom. The molecule has 0 saturated carbocycles. The van der Waals surface area contributed by atoms with E-state index in [0.717, 1.165) is 24.3 Å². The molecule has 0 aliphatic carbocycles. The number of hydrogen-bond acceptors (Lipinski definition) is 5. The van der Waals surface area contributed by atoms with Crippen LogP contribution in [-0.2, 0) is 0 Å². The topological polar surface area (TPSA) is 76.5 Å². The van der Waals surface area contributed by atoms with Crippen LogP contribution < -0.4 is 0 Å². The molecule has 1 aliphatic rings. The van der Waals surface area contributed by atoms with E-state index in [1.807, 2.05) is 30.0 Å². The maximum absolute atomic E-state index is 13.0. The summed E-state index contributed by atoms with van der Waals surface area (Å²) in [6, 6.07) is 5.54. The third-order valence-electron chi connectivity index (χ3n) is 4.62. The van der Waals surface area contributed by atoms with Crippen molar-refractivity contribution in [3.63, 3.8) is 0 Å². The number of amides is 1. The zero-order chi connectivity index (χ0) is 16.7. The number of carbonyl (C=O) groups excluding carboxylic acids is 1. The molecule has 1 fully saturated rings. The first-order chi connectivity index (χ1) is 11.6. The highest BCUT2D eigenvalue weighted by atomic mass is 16.3. The number of nitrogens with zero attached hydrogens (tertiary/aromatic N) is 5. The van der Waals surface area contributed by atoms with Crippen molar-refractivity contribution in [2.75, 3.05) is 6.54 Å². The Morgan fingerprint density at radius 1 is 1.38 bits per heavy atom. The van der Waals surface area contributed by atoms with E-state index in [4.69, 9.17) is 4.42 Å². The van der Waals surface area contributed by atoms with Crippen LogP contribution in [0.4, 0.5) is 0 Å². The number of likely N-dealkylation sites (tertiary alicyclic amines) is 1. The van der Waals surface area contributed by atoms with Gasteiger partial charge in [0.25, 0.3) is 11.7 Å². The molecule has 7 nitrogen and oxygen atoms in total. The smallest absolute Gasteiger partial charge is 0.294 e. The molecule has 1 saturated heterocycles. The lowest BCUT2D eigenvalue weighted by atomic mass is 9.91. The van der Waals surface area contributed by atoms with Crippen LogP contribution in [-0.4, -0.2) is 36.9 Å². The maximum atomic E-state index is 13.0. The largest absolute Gasteiger partial charge is 0.467 e. The fourth-order valence-electron chi connectivity index (χ4n) is 3.26. The summed E-state index contributed by atoms with van der Waals surface area (Å²) in [7, 11) is 0. The summed E-state index contributed by atoms with van der Waals surface area (Å²) >= 11 is 0. The first-order valence-electron chi connectivity index (χ1n) is 8.16. The molecule has 0 bridgehead atoms. The Balaban J connectivity index is 1.69. The molecule has 1 amide bonds. The Kier molecular flexibility index (Phi) is 3.55. The second-order valence-electron chi connectivity index (χ2n) is 6.39. The summed E-state index contributed by atoms with van der Waals surface area (Å²) in [5, 5.41) is 4.34. The lowest BCUT2D eigenvalue weighted by Gasteiger charge is -2.36. The Bertz CT molecular complexity index is 870. The predicted octanol–water partition coefficient (Wildman–Crippen LogP) is 2.64. The van der Waals surface area contributed by atoms with Crippen LogP contribution >= 0.6 is 0 Å². The lowest BCUT2D eigenvalue weighted by molar-refractivity contribution is 0.0509. The number of rotatable bonds is 2. The van der Waals surface area contributed by atoms with Gasteiger partial charge >= 0.3 is 0 Å². The van der Waals surface area contributed by atoms with Gasteiger partial charge in [-0.05, 0) is 43.9 Å². The van der Waals surface area contributed by atoms with Crippen LogP contribution in [0.25, 0.3) is 5.78 Å². The molecule has 4 heterocycles. The molecule has 2 atom stereocenters. The van der Waals surface area contributed by atoms with Gasteiger partial charge in [-0.1, -0.05) is 6.92 Å². The van der Waals surface area contributed by atoms with Gasteiger partial charge in [-0.3, -0.25) is 4.79 Å². The molecule has 4 rings (SSSR count). The van der Waals surface area contributed by atoms with Crippen LogP contribution in [0.15, 0.2) is 35.1 Å². The van der Waals surface area contributed by atoms with Gasteiger partial charge in [-0.2, -0.15) is 4.98 Å². The number of carbonyl (C=O) groups is 1. The third-order valence-corrected chi connectivity index (χ3v) is 4.62. The zero-order valence-corrected chi connectivity index (χ0v) is 13.7. The van der Waals surface area contributed by atoms with Gasteiger partial charge < -0.3 is 9.32 Å². The number of aromatic nitrogens is 4. The van der Waals surface area contributed by atoms with Gasteiger partial charge in [-0.15, -0.1) is 5.10 Å². The molecule has 3 aromatic rings. The van der Waals surface area contributed by atoms with E-state index >= 15 is 0 Å². The standard InChI is InChI=1S/C17H19N5O2/c1-11-6-8-21(13(10-11)14-4-3-9-24-14)16(23)15-19-17-18-7-5-12(2)22(17)20-15/h3-5,7,9,11,13H,6,8,10H2,1-2H3/t11-,13-/m0/s1. The fourth-order valence-corrected chi connectivity index (χ4v) is 3.26. The van der Waals surface area contributed by atoms with Crippen LogP contribution in [0, 0.1) is 12.8 Å². The van der Waals surface area contributed by atoms with Crippen molar-refractivity contribution in [2.45, 2.75) is 32.7 Å². The molecule has 0 spiro atoms. The molecule has 124 valence electrons. The molecule has 0 unspecified atom stereocenters. The molecule has 3 aromatic heterocycles. The zero-order valence-electron chi connectivity index (χ0n) is 13.7. The van der Waals surface area contributed by atoms with E-state index in [-0.39, 0.29) is 17.8 Å². The highest BCUT2D eigenvalue weighted by Crippen LogP contribution is 2.34. The Hall–Kier alpha value is -2.70. The molecule has 24 heavy (non-hydrogen) atoms. The number of aryl methyl sites for hydroxylation is 1. The first kappa shape index (κ1) is 14.9. The molecular weight excluding hydrogens is 306 g/mol. The summed E-state index contributed by atoms with van der Waals surface area (Å²) in [5.41, 5.74) is 0.890. The van der Waals surface area contributed by atoms with Crippen molar-refractivity contribution in [3.05, 3.63) is 47.9 Å². The molecule has 7 heteroatoms. The van der Waals surface area contributed by atoms with Crippen LogP contribution in [0.5, 0.6) is 0 Å². The van der Waals surface area contributed by atoms with Crippen molar-refractivity contribution >= 4 is 11.7 Å². The highest BCUT2D eigenvalue weighted by Gasteiger charge is 2.34. The van der Waals surface area contributed by atoms with E-state index in [1.165, 1.54) is 0 Å². The average Bonchev–Trinajstić information content (AvgIpc) is 3.24. The quantitative estimate of drug-likeness (QED) is 0.724. The maximum Gasteiger partial charge on any atom is 0.294 e.